The molecule has 0 aliphatic heterocycles. The second-order valence-corrected chi connectivity index (χ2v) is 7.90. The van der Waals surface area contributed by atoms with Gasteiger partial charge in [-0.2, -0.15) is 0 Å². The lowest BCUT2D eigenvalue weighted by atomic mass is 9.98. The SMILES string of the molecule is COC[C@H](NC(=O)OCC1c2ccccc2-c2ccccc21)C(=O)NC(C)C(C)C(=O)O. The molecule has 0 fully saturated rings. The highest BCUT2D eigenvalue weighted by Gasteiger charge is 2.30. The monoisotopic (exact) mass is 440 g/mol. The molecule has 1 aliphatic carbocycles. The fraction of sp³-hybridized carbons (Fsp3) is 0.375. The van der Waals surface area contributed by atoms with Gasteiger partial charge in [0.05, 0.1) is 12.5 Å². The number of alkyl carbamates (subject to hydrolysis) is 1. The van der Waals surface area contributed by atoms with Crippen LogP contribution in [0.25, 0.3) is 11.1 Å². The summed E-state index contributed by atoms with van der Waals surface area (Å²) in [6.45, 7) is 3.13. The minimum atomic E-state index is -1.02. The Morgan fingerprint density at radius 1 is 0.969 bits per heavy atom. The lowest BCUT2D eigenvalue weighted by Crippen LogP contribution is -2.53. The lowest BCUT2D eigenvalue weighted by molar-refractivity contribution is -0.142. The predicted molar refractivity (Wildman–Crippen MR) is 118 cm³/mol. The first-order valence-electron chi connectivity index (χ1n) is 10.5. The summed E-state index contributed by atoms with van der Waals surface area (Å²) in [4.78, 5) is 36.1. The second kappa shape index (κ2) is 10.3. The van der Waals surface area contributed by atoms with E-state index in [1.54, 1.807) is 6.92 Å². The fourth-order valence-corrected chi connectivity index (χ4v) is 3.80. The molecule has 8 nitrogen and oxygen atoms in total. The molecule has 0 spiro atoms. The normalized spacial score (nSPS) is 15.1. The second-order valence-electron chi connectivity index (χ2n) is 7.90. The topological polar surface area (TPSA) is 114 Å². The highest BCUT2D eigenvalue weighted by molar-refractivity contribution is 5.86. The molecule has 0 heterocycles. The number of nitrogens with one attached hydrogen (secondary N) is 2. The van der Waals surface area contributed by atoms with Crippen molar-refractivity contribution in [1.29, 1.82) is 0 Å². The standard InChI is InChI=1S/C24H28N2O6/c1-14(23(28)29)15(2)25-22(27)21(13-31-3)26-24(30)32-12-20-18-10-6-4-8-16(18)17-9-5-7-11-19(17)20/h4-11,14-15,20-21H,12-13H2,1-3H3,(H,25,27)(H,26,30)(H,28,29)/t14?,15?,21-/m0/s1. The number of hydrogen-bond donors (Lipinski definition) is 3. The van der Waals surface area contributed by atoms with Crippen molar-refractivity contribution in [2.75, 3.05) is 20.3 Å². The number of ether oxygens (including phenoxy) is 2. The zero-order valence-corrected chi connectivity index (χ0v) is 18.3. The Morgan fingerprint density at radius 2 is 1.53 bits per heavy atom. The van der Waals surface area contributed by atoms with Crippen LogP contribution in [0.15, 0.2) is 48.5 Å². The maximum Gasteiger partial charge on any atom is 0.407 e. The van der Waals surface area contributed by atoms with Gasteiger partial charge in [-0.3, -0.25) is 9.59 Å². The Hall–Kier alpha value is -3.39. The van der Waals surface area contributed by atoms with E-state index >= 15 is 0 Å². The average molecular weight is 440 g/mol. The fourth-order valence-electron chi connectivity index (χ4n) is 3.80. The first kappa shape index (κ1) is 23.3. The molecule has 0 bridgehead atoms. The molecular weight excluding hydrogens is 412 g/mol. The summed E-state index contributed by atoms with van der Waals surface area (Å²) in [6, 6.07) is 14.4. The Morgan fingerprint density at radius 3 is 2.06 bits per heavy atom. The summed E-state index contributed by atoms with van der Waals surface area (Å²) in [7, 11) is 1.41. The number of aliphatic carboxylic acids is 1. The molecule has 2 unspecified atom stereocenters. The molecule has 0 aromatic heterocycles. The Labute approximate surface area is 186 Å². The minimum Gasteiger partial charge on any atom is -0.481 e. The van der Waals surface area contributed by atoms with Crippen LogP contribution in [0.2, 0.25) is 0 Å². The first-order valence-corrected chi connectivity index (χ1v) is 10.5. The number of hydrogen-bond acceptors (Lipinski definition) is 5. The number of rotatable bonds is 9. The van der Waals surface area contributed by atoms with Gasteiger partial charge in [-0.15, -0.1) is 0 Å². The van der Waals surface area contributed by atoms with E-state index in [1.807, 2.05) is 48.5 Å². The third-order valence-corrected chi connectivity index (χ3v) is 5.80. The molecule has 0 saturated heterocycles. The van der Waals surface area contributed by atoms with Crippen LogP contribution < -0.4 is 10.6 Å². The van der Waals surface area contributed by atoms with Gasteiger partial charge in [0.25, 0.3) is 0 Å². The molecule has 32 heavy (non-hydrogen) atoms. The van der Waals surface area contributed by atoms with Gasteiger partial charge in [0, 0.05) is 19.1 Å². The molecule has 0 saturated carbocycles. The average Bonchev–Trinajstić information content (AvgIpc) is 3.10. The van der Waals surface area contributed by atoms with Crippen LogP contribution in [0, 0.1) is 5.92 Å². The van der Waals surface area contributed by atoms with Crippen LogP contribution >= 0.6 is 0 Å². The highest BCUT2D eigenvalue weighted by Crippen LogP contribution is 2.44. The van der Waals surface area contributed by atoms with Crippen LogP contribution in [-0.2, 0) is 19.1 Å². The smallest absolute Gasteiger partial charge is 0.407 e. The van der Waals surface area contributed by atoms with Gasteiger partial charge < -0.3 is 25.2 Å². The van der Waals surface area contributed by atoms with Gasteiger partial charge in [-0.25, -0.2) is 4.79 Å². The molecule has 3 rings (SSSR count). The van der Waals surface area contributed by atoms with E-state index in [0.717, 1.165) is 22.3 Å². The number of amides is 2. The Kier molecular flexibility index (Phi) is 7.48. The van der Waals surface area contributed by atoms with Crippen molar-refractivity contribution < 1.29 is 29.0 Å². The maximum atomic E-state index is 12.5. The number of carbonyl (C=O) groups excluding carboxylic acids is 2. The minimum absolute atomic E-state index is 0.0792. The first-order chi connectivity index (χ1) is 15.3. The zero-order chi connectivity index (χ0) is 23.3. The van der Waals surface area contributed by atoms with Gasteiger partial charge in [-0.05, 0) is 36.1 Å². The lowest BCUT2D eigenvalue weighted by Gasteiger charge is -2.23. The third kappa shape index (κ3) is 5.08. The molecule has 2 aromatic rings. The quantitative estimate of drug-likeness (QED) is 0.553. The molecule has 3 N–H and O–H groups in total. The highest BCUT2D eigenvalue weighted by atomic mass is 16.5. The molecule has 8 heteroatoms. The Bertz CT molecular complexity index is 946. The Balaban J connectivity index is 1.63. The van der Waals surface area contributed by atoms with Gasteiger partial charge in [-0.1, -0.05) is 48.5 Å². The third-order valence-electron chi connectivity index (χ3n) is 5.80. The van der Waals surface area contributed by atoms with E-state index in [0.29, 0.717) is 0 Å². The van der Waals surface area contributed by atoms with Crippen LogP contribution in [0.1, 0.15) is 30.9 Å². The summed E-state index contributed by atoms with van der Waals surface area (Å²) < 4.78 is 10.5. The van der Waals surface area contributed by atoms with E-state index in [4.69, 9.17) is 14.6 Å². The van der Waals surface area contributed by atoms with Crippen molar-refractivity contribution in [3.05, 3.63) is 59.7 Å². The van der Waals surface area contributed by atoms with E-state index in [2.05, 4.69) is 10.6 Å². The number of carbonyl (C=O) groups is 3. The number of carboxylic acids is 1. The number of carboxylic acid groups (broad SMARTS) is 1. The van der Waals surface area contributed by atoms with Crippen LogP contribution in [-0.4, -0.2) is 55.5 Å². The predicted octanol–water partition coefficient (Wildman–Crippen LogP) is 2.77. The van der Waals surface area contributed by atoms with E-state index < -0.39 is 36.0 Å². The summed E-state index contributed by atoms with van der Waals surface area (Å²) >= 11 is 0. The van der Waals surface area contributed by atoms with Gasteiger partial charge >= 0.3 is 12.1 Å². The van der Waals surface area contributed by atoms with Crippen molar-refractivity contribution in [3.8, 4) is 11.1 Å². The summed E-state index contributed by atoms with van der Waals surface area (Å²) in [6.07, 6.45) is -0.747. The molecule has 3 atom stereocenters. The van der Waals surface area contributed by atoms with Crippen LogP contribution in [0.4, 0.5) is 4.79 Å². The molecule has 170 valence electrons. The number of methoxy groups -OCH3 is 1. The molecule has 1 aliphatic rings. The van der Waals surface area contributed by atoms with Crippen LogP contribution in [0.3, 0.4) is 0 Å². The van der Waals surface area contributed by atoms with Gasteiger partial charge in [0.2, 0.25) is 5.91 Å². The molecule has 0 radical (unpaired) electrons. The van der Waals surface area contributed by atoms with Crippen molar-refractivity contribution in [3.63, 3.8) is 0 Å². The number of benzene rings is 2. The summed E-state index contributed by atoms with van der Waals surface area (Å²) in [5, 5.41) is 14.2. The zero-order valence-electron chi connectivity index (χ0n) is 18.3. The van der Waals surface area contributed by atoms with Crippen molar-refractivity contribution in [1.82, 2.24) is 10.6 Å². The van der Waals surface area contributed by atoms with Crippen molar-refractivity contribution in [2.24, 2.45) is 5.92 Å². The largest absolute Gasteiger partial charge is 0.481 e. The van der Waals surface area contributed by atoms with Gasteiger partial charge in [0.15, 0.2) is 0 Å². The van der Waals surface area contributed by atoms with Crippen molar-refractivity contribution in [2.45, 2.75) is 31.8 Å². The summed E-state index contributed by atoms with van der Waals surface area (Å²) in [5.74, 6) is -2.44. The molecule has 2 aromatic carbocycles. The molecular formula is C24H28N2O6. The van der Waals surface area contributed by atoms with E-state index in [9.17, 15) is 14.4 Å². The molecule has 2 amide bonds. The maximum absolute atomic E-state index is 12.5. The number of fused-ring (bicyclic) bond motifs is 3. The van der Waals surface area contributed by atoms with E-state index in [1.165, 1.54) is 14.0 Å². The van der Waals surface area contributed by atoms with Crippen molar-refractivity contribution >= 4 is 18.0 Å². The summed E-state index contributed by atoms with van der Waals surface area (Å²) in [5.41, 5.74) is 4.42. The van der Waals surface area contributed by atoms with Crippen LogP contribution in [0.5, 0.6) is 0 Å². The van der Waals surface area contributed by atoms with Gasteiger partial charge in [0.1, 0.15) is 12.6 Å². The van der Waals surface area contributed by atoms with E-state index in [-0.39, 0.29) is 19.1 Å².